The monoisotopic (exact) mass is 308 g/mol. The number of carbonyl (C=O) groups excluding carboxylic acids is 1. The second-order valence-corrected chi connectivity index (χ2v) is 6.08. The Labute approximate surface area is 128 Å². The van der Waals surface area contributed by atoms with Gasteiger partial charge in [0, 0.05) is 16.6 Å². The summed E-state index contributed by atoms with van der Waals surface area (Å²) < 4.78 is 0. The van der Waals surface area contributed by atoms with Gasteiger partial charge in [-0.3, -0.25) is 14.5 Å². The molecular formula is C15H20N2O3S. The van der Waals surface area contributed by atoms with Gasteiger partial charge in [0.05, 0.1) is 6.54 Å². The van der Waals surface area contributed by atoms with Gasteiger partial charge in [-0.05, 0) is 44.2 Å². The first kappa shape index (κ1) is 15.9. The smallest absolute Gasteiger partial charge is 0.320 e. The molecule has 21 heavy (non-hydrogen) atoms. The van der Waals surface area contributed by atoms with Crippen LogP contribution in [0, 0.1) is 0 Å². The summed E-state index contributed by atoms with van der Waals surface area (Å²) in [6.07, 6.45) is 3.91. The molecule has 0 saturated heterocycles. The average molecular weight is 308 g/mol. The first-order valence-electron chi connectivity index (χ1n) is 6.93. The fraction of sp³-hybridized carbons (Fsp3) is 0.467. The number of thioether (sulfide) groups is 1. The summed E-state index contributed by atoms with van der Waals surface area (Å²) >= 11 is 1.61. The number of rotatable bonds is 7. The summed E-state index contributed by atoms with van der Waals surface area (Å²) in [5.41, 5.74) is 0.741. The van der Waals surface area contributed by atoms with Crippen molar-refractivity contribution in [2.45, 2.75) is 36.7 Å². The largest absolute Gasteiger partial charge is 0.480 e. The topological polar surface area (TPSA) is 69.6 Å². The van der Waals surface area contributed by atoms with Crippen molar-refractivity contribution >= 4 is 29.3 Å². The van der Waals surface area contributed by atoms with Crippen molar-refractivity contribution in [2.75, 3.05) is 18.1 Å². The Kier molecular flexibility index (Phi) is 5.25. The van der Waals surface area contributed by atoms with Gasteiger partial charge in [-0.15, -0.1) is 11.8 Å². The molecule has 1 aromatic carbocycles. The quantitative estimate of drug-likeness (QED) is 0.756. The maximum atomic E-state index is 12.1. The number of benzene rings is 1. The molecule has 114 valence electrons. The Hall–Kier alpha value is -1.53. The van der Waals surface area contributed by atoms with Crippen LogP contribution in [0.5, 0.6) is 0 Å². The maximum Gasteiger partial charge on any atom is 0.320 e. The zero-order valence-corrected chi connectivity index (χ0v) is 13.0. The summed E-state index contributed by atoms with van der Waals surface area (Å²) in [6.45, 7) is 1.74. The summed E-state index contributed by atoms with van der Waals surface area (Å²) in [4.78, 5) is 26.1. The predicted octanol–water partition coefficient (Wildman–Crippen LogP) is 2.28. The molecule has 0 spiro atoms. The van der Waals surface area contributed by atoms with Crippen molar-refractivity contribution in [3.8, 4) is 0 Å². The van der Waals surface area contributed by atoms with E-state index in [1.807, 2.05) is 30.5 Å². The number of amides is 1. The molecule has 0 bridgehead atoms. The standard InChI is InChI=1S/C15H20N2O3S/c1-10(15(19)20)17(12-6-7-12)9-14(18)16-11-4-3-5-13(8-11)21-2/h3-5,8,10,12H,6-7,9H2,1-2H3,(H,16,18)(H,19,20). The first-order valence-corrected chi connectivity index (χ1v) is 8.16. The molecule has 2 rings (SSSR count). The van der Waals surface area contributed by atoms with Crippen molar-refractivity contribution in [3.05, 3.63) is 24.3 Å². The van der Waals surface area contributed by atoms with Gasteiger partial charge in [-0.2, -0.15) is 0 Å². The number of carboxylic acid groups (broad SMARTS) is 1. The van der Waals surface area contributed by atoms with Crippen molar-refractivity contribution in [1.82, 2.24) is 4.90 Å². The number of anilines is 1. The minimum atomic E-state index is -0.890. The summed E-state index contributed by atoms with van der Waals surface area (Å²) in [6, 6.07) is 7.19. The van der Waals surface area contributed by atoms with Crippen LogP contribution in [0.15, 0.2) is 29.2 Å². The van der Waals surface area contributed by atoms with Crippen LogP contribution in [-0.2, 0) is 9.59 Å². The molecule has 1 aromatic rings. The third-order valence-corrected chi connectivity index (χ3v) is 4.28. The van der Waals surface area contributed by atoms with E-state index in [1.54, 1.807) is 23.6 Å². The highest BCUT2D eigenvalue weighted by Gasteiger charge is 2.36. The van der Waals surface area contributed by atoms with E-state index in [9.17, 15) is 9.59 Å². The van der Waals surface area contributed by atoms with Crippen molar-refractivity contribution < 1.29 is 14.7 Å². The first-order chi connectivity index (χ1) is 10.0. The number of hydrogen-bond acceptors (Lipinski definition) is 4. The number of hydrogen-bond donors (Lipinski definition) is 2. The Morgan fingerprint density at radius 2 is 2.19 bits per heavy atom. The highest BCUT2D eigenvalue weighted by molar-refractivity contribution is 7.98. The second kappa shape index (κ2) is 6.95. The summed E-state index contributed by atoms with van der Waals surface area (Å²) in [5.74, 6) is -1.06. The molecule has 1 atom stereocenters. The zero-order valence-electron chi connectivity index (χ0n) is 12.2. The van der Waals surface area contributed by atoms with Crippen LogP contribution < -0.4 is 5.32 Å². The Morgan fingerprint density at radius 3 is 2.76 bits per heavy atom. The Morgan fingerprint density at radius 1 is 1.48 bits per heavy atom. The molecule has 6 heteroatoms. The van der Waals surface area contributed by atoms with Gasteiger partial charge in [-0.1, -0.05) is 6.07 Å². The number of nitrogens with zero attached hydrogens (tertiary/aromatic N) is 1. The third-order valence-electron chi connectivity index (χ3n) is 3.55. The predicted molar refractivity (Wildman–Crippen MR) is 83.7 cm³/mol. The van der Waals surface area contributed by atoms with E-state index < -0.39 is 12.0 Å². The van der Waals surface area contributed by atoms with Gasteiger partial charge in [0.25, 0.3) is 0 Å². The molecule has 5 nitrogen and oxygen atoms in total. The number of carboxylic acids is 1. The minimum Gasteiger partial charge on any atom is -0.480 e. The number of nitrogens with one attached hydrogen (secondary N) is 1. The van der Waals surface area contributed by atoms with E-state index >= 15 is 0 Å². The van der Waals surface area contributed by atoms with Crippen molar-refractivity contribution in [3.63, 3.8) is 0 Å². The lowest BCUT2D eigenvalue weighted by atomic mass is 10.2. The molecular weight excluding hydrogens is 288 g/mol. The molecule has 0 radical (unpaired) electrons. The van der Waals surface area contributed by atoms with Gasteiger partial charge in [-0.25, -0.2) is 0 Å². The summed E-state index contributed by atoms with van der Waals surface area (Å²) in [7, 11) is 0. The van der Waals surface area contributed by atoms with Crippen LogP contribution in [0.1, 0.15) is 19.8 Å². The van der Waals surface area contributed by atoms with Gasteiger partial charge in [0.2, 0.25) is 5.91 Å². The lowest BCUT2D eigenvalue weighted by Crippen LogP contribution is -2.44. The molecule has 0 heterocycles. The average Bonchev–Trinajstić information content (AvgIpc) is 3.28. The van der Waals surface area contributed by atoms with Crippen molar-refractivity contribution in [1.29, 1.82) is 0 Å². The molecule has 1 amide bonds. The van der Waals surface area contributed by atoms with Crippen molar-refractivity contribution in [2.24, 2.45) is 0 Å². The van der Waals surface area contributed by atoms with Gasteiger partial charge >= 0.3 is 5.97 Å². The van der Waals surface area contributed by atoms with E-state index in [0.717, 1.165) is 23.4 Å². The van der Waals surface area contributed by atoms with Crippen LogP contribution in [0.25, 0.3) is 0 Å². The van der Waals surface area contributed by atoms with E-state index in [4.69, 9.17) is 5.11 Å². The van der Waals surface area contributed by atoms with Gasteiger partial charge in [0.1, 0.15) is 6.04 Å². The highest BCUT2D eigenvalue weighted by atomic mass is 32.2. The molecule has 0 aromatic heterocycles. The Bertz CT molecular complexity index is 531. The van der Waals surface area contributed by atoms with Gasteiger partial charge < -0.3 is 10.4 Å². The minimum absolute atomic E-state index is 0.113. The van der Waals surface area contributed by atoms with Crippen LogP contribution >= 0.6 is 11.8 Å². The summed E-state index contributed by atoms with van der Waals surface area (Å²) in [5, 5.41) is 12.0. The van der Waals surface area contributed by atoms with Crippen LogP contribution in [0.4, 0.5) is 5.69 Å². The molecule has 1 fully saturated rings. The van der Waals surface area contributed by atoms with E-state index in [1.165, 1.54) is 0 Å². The highest BCUT2D eigenvalue weighted by Crippen LogP contribution is 2.28. The van der Waals surface area contributed by atoms with Gasteiger partial charge in [0.15, 0.2) is 0 Å². The molecule has 1 saturated carbocycles. The zero-order chi connectivity index (χ0) is 15.4. The SMILES string of the molecule is CSc1cccc(NC(=O)CN(C2CC2)C(C)C(=O)O)c1. The third kappa shape index (κ3) is 4.47. The lowest BCUT2D eigenvalue weighted by molar-refractivity contribution is -0.143. The number of aliphatic carboxylic acids is 1. The second-order valence-electron chi connectivity index (χ2n) is 5.20. The van der Waals surface area contributed by atoms with E-state index in [-0.39, 0.29) is 18.5 Å². The Balaban J connectivity index is 1.97. The fourth-order valence-electron chi connectivity index (χ4n) is 2.20. The number of carbonyl (C=O) groups is 2. The van der Waals surface area contributed by atoms with E-state index in [2.05, 4.69) is 5.32 Å². The molecule has 1 unspecified atom stereocenters. The van der Waals surface area contributed by atoms with Crippen LogP contribution in [-0.4, -0.2) is 46.8 Å². The van der Waals surface area contributed by atoms with Crippen LogP contribution in [0.3, 0.4) is 0 Å². The molecule has 2 N–H and O–H groups in total. The normalized spacial score (nSPS) is 15.8. The molecule has 1 aliphatic rings. The lowest BCUT2D eigenvalue weighted by Gasteiger charge is -2.25. The van der Waals surface area contributed by atoms with E-state index in [0.29, 0.717) is 0 Å². The molecule has 1 aliphatic carbocycles. The maximum absolute atomic E-state index is 12.1. The van der Waals surface area contributed by atoms with Crippen LogP contribution in [0.2, 0.25) is 0 Å². The fourth-order valence-corrected chi connectivity index (χ4v) is 2.66. The molecule has 0 aliphatic heterocycles.